The second kappa shape index (κ2) is 5.53. The van der Waals surface area contributed by atoms with E-state index >= 15 is 0 Å². The van der Waals surface area contributed by atoms with E-state index in [-0.39, 0.29) is 0 Å². The molecule has 0 amide bonds. The van der Waals surface area contributed by atoms with Crippen LogP contribution in [0.2, 0.25) is 0 Å². The van der Waals surface area contributed by atoms with Crippen molar-refractivity contribution in [3.63, 3.8) is 0 Å². The Labute approximate surface area is 138 Å². The van der Waals surface area contributed by atoms with Gasteiger partial charge in [-0.3, -0.25) is 0 Å². The van der Waals surface area contributed by atoms with Crippen LogP contribution >= 0.6 is 0 Å². The molecule has 4 rings (SSSR count). The zero-order chi connectivity index (χ0) is 16.9. The predicted octanol–water partition coefficient (Wildman–Crippen LogP) is 3.19. The highest BCUT2D eigenvalue weighted by atomic mass is 19.4. The number of anilines is 2. The van der Waals surface area contributed by atoms with Crippen LogP contribution in [0.5, 0.6) is 0 Å². The van der Waals surface area contributed by atoms with Crippen molar-refractivity contribution in [3.05, 3.63) is 11.8 Å². The van der Waals surface area contributed by atoms with E-state index in [0.29, 0.717) is 22.8 Å². The summed E-state index contributed by atoms with van der Waals surface area (Å²) >= 11 is 0. The molecule has 0 atom stereocenters. The van der Waals surface area contributed by atoms with E-state index in [0.717, 1.165) is 56.4 Å². The minimum atomic E-state index is -4.40. The Balaban J connectivity index is 1.91. The first-order valence-electron chi connectivity index (χ1n) is 8.40. The fourth-order valence-electron chi connectivity index (χ4n) is 3.67. The molecule has 0 bridgehead atoms. The third-order valence-corrected chi connectivity index (χ3v) is 4.94. The van der Waals surface area contributed by atoms with Crippen molar-refractivity contribution in [2.24, 2.45) is 7.05 Å². The molecule has 0 N–H and O–H groups in total. The van der Waals surface area contributed by atoms with E-state index in [2.05, 4.69) is 19.8 Å². The van der Waals surface area contributed by atoms with Gasteiger partial charge in [0.1, 0.15) is 17.2 Å². The van der Waals surface area contributed by atoms with Gasteiger partial charge < -0.3 is 14.4 Å². The topological polar surface area (TPSA) is 37.2 Å². The lowest BCUT2D eigenvalue weighted by atomic mass is 10.3. The van der Waals surface area contributed by atoms with Gasteiger partial charge in [-0.1, -0.05) is 0 Å². The summed E-state index contributed by atoms with van der Waals surface area (Å²) < 4.78 is 41.1. The van der Waals surface area contributed by atoms with Gasteiger partial charge in [-0.05, 0) is 31.7 Å². The zero-order valence-corrected chi connectivity index (χ0v) is 13.6. The fraction of sp³-hybridized carbons (Fsp3) is 0.625. The highest BCUT2D eigenvalue weighted by Crippen LogP contribution is 2.37. The van der Waals surface area contributed by atoms with Gasteiger partial charge in [-0.25, -0.2) is 0 Å². The number of rotatable bonds is 2. The highest BCUT2D eigenvalue weighted by Gasteiger charge is 2.36. The minimum absolute atomic E-state index is 0.362. The molecule has 0 spiro atoms. The second-order valence-electron chi connectivity index (χ2n) is 6.56. The van der Waals surface area contributed by atoms with Crippen LogP contribution in [0.1, 0.15) is 31.4 Å². The van der Waals surface area contributed by atoms with Gasteiger partial charge in [0.05, 0.1) is 5.39 Å². The number of hydrogen-bond donors (Lipinski definition) is 0. The van der Waals surface area contributed by atoms with Gasteiger partial charge in [0.2, 0.25) is 5.95 Å². The number of aromatic nitrogens is 3. The van der Waals surface area contributed by atoms with E-state index in [4.69, 9.17) is 0 Å². The molecular formula is C16H20F3N5. The van der Waals surface area contributed by atoms with Gasteiger partial charge in [-0.2, -0.15) is 23.1 Å². The number of nitrogens with zero attached hydrogens (tertiary/aromatic N) is 5. The van der Waals surface area contributed by atoms with Gasteiger partial charge in [0.15, 0.2) is 0 Å². The van der Waals surface area contributed by atoms with E-state index in [1.54, 1.807) is 0 Å². The number of aryl methyl sites for hydroxylation is 1. The van der Waals surface area contributed by atoms with Crippen molar-refractivity contribution in [3.8, 4) is 0 Å². The second-order valence-corrected chi connectivity index (χ2v) is 6.56. The summed E-state index contributed by atoms with van der Waals surface area (Å²) in [5.41, 5.74) is -0.313. The molecule has 0 aromatic carbocycles. The summed E-state index contributed by atoms with van der Waals surface area (Å²) in [6.45, 7) is 3.40. The number of fused-ring (bicyclic) bond motifs is 1. The Kier molecular flexibility index (Phi) is 3.58. The van der Waals surface area contributed by atoms with Crippen LogP contribution in [0.4, 0.5) is 24.9 Å². The van der Waals surface area contributed by atoms with E-state index in [9.17, 15) is 13.2 Å². The molecule has 5 nitrogen and oxygen atoms in total. The quantitative estimate of drug-likeness (QED) is 0.842. The molecule has 2 aliphatic rings. The summed E-state index contributed by atoms with van der Waals surface area (Å²) in [6.07, 6.45) is -0.165. The molecule has 8 heteroatoms. The molecule has 2 aromatic heterocycles. The molecule has 0 radical (unpaired) electrons. The minimum Gasteiger partial charge on any atom is -0.356 e. The maximum absolute atomic E-state index is 13.3. The normalized spacial score (nSPS) is 19.0. The summed E-state index contributed by atoms with van der Waals surface area (Å²) in [4.78, 5) is 13.3. The number of halogens is 3. The Hall–Kier alpha value is -1.99. The molecular weight excluding hydrogens is 319 g/mol. The van der Waals surface area contributed by atoms with Crippen LogP contribution in [0, 0.1) is 0 Å². The molecule has 2 aromatic rings. The molecule has 2 fully saturated rings. The van der Waals surface area contributed by atoms with Crippen LogP contribution in [0.15, 0.2) is 6.07 Å². The third kappa shape index (κ3) is 2.48. The molecule has 24 heavy (non-hydrogen) atoms. The van der Waals surface area contributed by atoms with Crippen molar-refractivity contribution in [1.82, 2.24) is 14.5 Å². The molecule has 0 aliphatic carbocycles. The molecule has 4 heterocycles. The van der Waals surface area contributed by atoms with Crippen molar-refractivity contribution in [2.75, 3.05) is 36.0 Å². The molecule has 130 valence electrons. The first-order valence-corrected chi connectivity index (χ1v) is 8.40. The lowest BCUT2D eigenvalue weighted by molar-refractivity contribution is -0.142. The third-order valence-electron chi connectivity index (χ3n) is 4.94. The smallest absolute Gasteiger partial charge is 0.356 e. The predicted molar refractivity (Wildman–Crippen MR) is 86.4 cm³/mol. The molecule has 2 aliphatic heterocycles. The molecule has 0 saturated carbocycles. The largest absolute Gasteiger partial charge is 0.431 e. The summed E-state index contributed by atoms with van der Waals surface area (Å²) in [5.74, 6) is 1.20. The van der Waals surface area contributed by atoms with Gasteiger partial charge in [0, 0.05) is 33.2 Å². The Morgan fingerprint density at radius 2 is 1.50 bits per heavy atom. The van der Waals surface area contributed by atoms with Crippen molar-refractivity contribution >= 4 is 22.8 Å². The van der Waals surface area contributed by atoms with Crippen molar-refractivity contribution in [2.45, 2.75) is 31.9 Å². The Morgan fingerprint density at radius 1 is 0.917 bits per heavy atom. The molecule has 0 unspecified atom stereocenters. The van der Waals surface area contributed by atoms with E-state index in [1.807, 2.05) is 0 Å². The maximum atomic E-state index is 13.3. The Bertz CT molecular complexity index is 755. The van der Waals surface area contributed by atoms with Gasteiger partial charge >= 0.3 is 6.18 Å². The van der Waals surface area contributed by atoms with Crippen LogP contribution in [-0.2, 0) is 13.2 Å². The van der Waals surface area contributed by atoms with Crippen molar-refractivity contribution in [1.29, 1.82) is 0 Å². The SMILES string of the molecule is Cn1c(C(F)(F)F)cc2c(N3CCCC3)nc(N3CCCC3)nc21. The summed E-state index contributed by atoms with van der Waals surface area (Å²) in [5, 5.41) is 0.495. The van der Waals surface area contributed by atoms with Crippen LogP contribution in [0.25, 0.3) is 11.0 Å². The summed E-state index contributed by atoms with van der Waals surface area (Å²) in [7, 11) is 1.43. The highest BCUT2D eigenvalue weighted by molar-refractivity contribution is 5.90. The van der Waals surface area contributed by atoms with Gasteiger partial charge in [0.25, 0.3) is 0 Å². The maximum Gasteiger partial charge on any atom is 0.431 e. The van der Waals surface area contributed by atoms with Crippen LogP contribution in [0.3, 0.4) is 0 Å². The average Bonchev–Trinajstić information content (AvgIpc) is 3.27. The van der Waals surface area contributed by atoms with Crippen molar-refractivity contribution < 1.29 is 13.2 Å². The lowest BCUT2D eigenvalue weighted by Gasteiger charge is -2.21. The zero-order valence-electron chi connectivity index (χ0n) is 13.6. The first-order chi connectivity index (χ1) is 11.4. The Morgan fingerprint density at radius 3 is 2.08 bits per heavy atom. The van der Waals surface area contributed by atoms with Crippen LogP contribution in [-0.4, -0.2) is 40.7 Å². The summed E-state index contributed by atoms with van der Waals surface area (Å²) in [6, 6.07) is 1.19. The number of hydrogen-bond acceptors (Lipinski definition) is 4. The fourth-order valence-corrected chi connectivity index (χ4v) is 3.67. The van der Waals surface area contributed by atoms with E-state index < -0.39 is 11.9 Å². The molecule has 2 saturated heterocycles. The average molecular weight is 339 g/mol. The standard InChI is InChI=1S/C16H20F3N5/c1-22-12(16(17,18)19)10-11-13(22)20-15(24-8-4-5-9-24)21-14(11)23-6-2-3-7-23/h10H,2-9H2,1H3. The monoisotopic (exact) mass is 339 g/mol. The lowest BCUT2D eigenvalue weighted by Crippen LogP contribution is -2.24. The first kappa shape index (κ1) is 15.5. The van der Waals surface area contributed by atoms with E-state index in [1.165, 1.54) is 13.1 Å². The van der Waals surface area contributed by atoms with Crippen LogP contribution < -0.4 is 9.80 Å². The number of alkyl halides is 3. The van der Waals surface area contributed by atoms with Gasteiger partial charge in [-0.15, -0.1) is 0 Å².